The average Bonchev–Trinajstić information content (AvgIpc) is 3.89. The van der Waals surface area contributed by atoms with Gasteiger partial charge in [-0.25, -0.2) is 19.4 Å². The number of hydrogen-bond acceptors (Lipinski definition) is 8. The van der Waals surface area contributed by atoms with Crippen LogP contribution in [0.15, 0.2) is 97.3 Å². The number of carbonyl (C=O) groups is 4. The van der Waals surface area contributed by atoms with Crippen molar-refractivity contribution in [3.63, 3.8) is 0 Å². The number of likely N-dealkylation sites (N-methyl/N-ethyl adjacent to an activating group) is 1. The Morgan fingerprint density at radius 2 is 1.51 bits per heavy atom. The maximum Gasteiger partial charge on any atom is 0.407 e. The number of amides is 4. The van der Waals surface area contributed by atoms with Crippen molar-refractivity contribution >= 4 is 34.9 Å². The number of nitrogens with zero attached hydrogens (tertiary/aromatic N) is 3. The molecule has 4 amide bonds. The summed E-state index contributed by atoms with van der Waals surface area (Å²) in [5.41, 5.74) is 2.44. The van der Waals surface area contributed by atoms with Crippen molar-refractivity contribution < 1.29 is 31.5 Å². The molecule has 14 heteroatoms. The van der Waals surface area contributed by atoms with E-state index in [-0.39, 0.29) is 21.9 Å². The topological polar surface area (TPSA) is 174 Å². The number of unbranched alkanes of at least 4 members (excludes halogenated alkanes) is 1. The molecule has 2 aromatic heterocycles. The number of aromatic amines is 2. The highest BCUT2D eigenvalue weighted by atomic mass is 16.6. The summed E-state index contributed by atoms with van der Waals surface area (Å²) in [6.07, 6.45) is 4.80. The molecular formula is C47H66N8O6. The lowest BCUT2D eigenvalue weighted by molar-refractivity contribution is -0.159. The number of para-hydroxylation sites is 1. The lowest BCUT2D eigenvalue weighted by atomic mass is 9.88. The van der Waals surface area contributed by atoms with Crippen LogP contribution in [0.2, 0.25) is 0 Å². The zero-order chi connectivity index (χ0) is 44.0. The number of nitrogens with one attached hydrogen (secondary N) is 5. The number of aromatic nitrogens is 3. The number of imidazole rings is 1. The number of alkyl carbamates (subject to hydrolysis) is 1. The van der Waals surface area contributed by atoms with Gasteiger partial charge >= 0.3 is 18.1 Å². The largest absolute Gasteiger partial charge is 0.458 e. The zero-order valence-corrected chi connectivity index (χ0v) is 36.5. The molecule has 0 bridgehead atoms. The van der Waals surface area contributed by atoms with Crippen LogP contribution in [-0.4, -0.2) is 94.1 Å². The molecule has 5 rings (SSSR count). The third kappa shape index (κ3) is 14.0. The monoisotopic (exact) mass is 839 g/mol. The predicted octanol–water partition coefficient (Wildman–Crippen LogP) is 7.64. The average molecular weight is 839 g/mol. The number of ether oxygens (including phenoxy) is 2. The highest BCUT2D eigenvalue weighted by molar-refractivity contribution is 5.91. The number of benzene rings is 3. The molecule has 0 saturated heterocycles. The minimum atomic E-state index is -1.17. The van der Waals surface area contributed by atoms with E-state index in [4.69, 9.17) is 14.5 Å². The van der Waals surface area contributed by atoms with Crippen molar-refractivity contribution in [1.29, 1.82) is 0 Å². The lowest BCUT2D eigenvalue weighted by Gasteiger charge is -2.28. The highest BCUT2D eigenvalue weighted by Gasteiger charge is 2.36. The van der Waals surface area contributed by atoms with Gasteiger partial charge < -0.3 is 45.2 Å². The van der Waals surface area contributed by atoms with Crippen LogP contribution in [0, 0.1) is 0 Å². The van der Waals surface area contributed by atoms with E-state index in [0.29, 0.717) is 57.0 Å². The normalized spacial score (nSPS) is 12.7. The molecule has 0 unspecified atom stereocenters. The van der Waals surface area contributed by atoms with Gasteiger partial charge in [-0.1, -0.05) is 78.9 Å². The van der Waals surface area contributed by atoms with Gasteiger partial charge in [0, 0.05) is 64.4 Å². The van der Waals surface area contributed by atoms with E-state index in [2.05, 4.69) is 25.9 Å². The number of H-pyrrole nitrogens is 2. The molecule has 0 aliphatic carbocycles. The van der Waals surface area contributed by atoms with Crippen molar-refractivity contribution in [3.05, 3.63) is 126 Å². The van der Waals surface area contributed by atoms with E-state index in [1.165, 1.54) is 0 Å². The maximum atomic E-state index is 14.2. The lowest BCUT2D eigenvalue weighted by Crippen LogP contribution is -2.50. The Labute approximate surface area is 362 Å². The molecule has 3 aromatic carbocycles. The Hall–Kier alpha value is -6.15. The molecule has 0 fully saturated rings. The van der Waals surface area contributed by atoms with Crippen molar-refractivity contribution in [2.45, 2.75) is 96.6 Å². The second-order valence-corrected chi connectivity index (χ2v) is 17.1. The molecule has 0 saturated carbocycles. The SMILES string of the molecule is CN(C)CCN(Cc1ccccc1)C(=O)N[C@H](Cc1c[nH]c2ccccc12)c1ncc(C(C)(C)C(=O)N[C@H](CCCCNC(=O)OCc2ccccc2)C(=O)OC(C)(C)C)[nH]1.[HH].[HH]. The molecular weight excluding hydrogens is 773 g/mol. The van der Waals surface area contributed by atoms with Gasteiger partial charge in [0.2, 0.25) is 5.91 Å². The van der Waals surface area contributed by atoms with Gasteiger partial charge in [-0.15, -0.1) is 0 Å². The summed E-state index contributed by atoms with van der Waals surface area (Å²) in [5.74, 6) is -0.468. The van der Waals surface area contributed by atoms with Gasteiger partial charge in [0.1, 0.15) is 24.1 Å². The summed E-state index contributed by atoms with van der Waals surface area (Å²) in [4.78, 5) is 69.3. The summed E-state index contributed by atoms with van der Waals surface area (Å²) < 4.78 is 11.0. The summed E-state index contributed by atoms with van der Waals surface area (Å²) in [6.45, 7) is 10.9. The number of urea groups is 1. The summed E-state index contributed by atoms with van der Waals surface area (Å²) >= 11 is 0. The Morgan fingerprint density at radius 1 is 0.836 bits per heavy atom. The Bertz CT molecular complexity index is 2190. The highest BCUT2D eigenvalue weighted by Crippen LogP contribution is 2.28. The van der Waals surface area contributed by atoms with Crippen molar-refractivity contribution in [1.82, 2.24) is 40.7 Å². The van der Waals surface area contributed by atoms with Crippen LogP contribution < -0.4 is 16.0 Å². The van der Waals surface area contributed by atoms with Crippen molar-refractivity contribution in [2.24, 2.45) is 0 Å². The fourth-order valence-electron chi connectivity index (χ4n) is 6.71. The van der Waals surface area contributed by atoms with Gasteiger partial charge in [0.25, 0.3) is 0 Å². The fourth-order valence-corrected chi connectivity index (χ4v) is 6.71. The van der Waals surface area contributed by atoms with Crippen LogP contribution in [0.1, 0.15) is 91.0 Å². The van der Waals surface area contributed by atoms with Gasteiger partial charge in [0.05, 0.1) is 11.5 Å². The van der Waals surface area contributed by atoms with E-state index < -0.39 is 41.1 Å². The number of rotatable bonds is 20. The van der Waals surface area contributed by atoms with Gasteiger partial charge in [-0.3, -0.25) is 4.79 Å². The van der Waals surface area contributed by atoms with Crippen LogP contribution in [-0.2, 0) is 44.1 Å². The number of fused-ring (bicyclic) bond motifs is 1. The van der Waals surface area contributed by atoms with Gasteiger partial charge in [-0.05, 0) is 90.7 Å². The zero-order valence-electron chi connectivity index (χ0n) is 36.5. The summed E-state index contributed by atoms with van der Waals surface area (Å²) in [7, 11) is 3.95. The third-order valence-corrected chi connectivity index (χ3v) is 10.3. The summed E-state index contributed by atoms with van der Waals surface area (Å²) in [6, 6.07) is 25.5. The van der Waals surface area contributed by atoms with E-state index >= 15 is 0 Å². The van der Waals surface area contributed by atoms with Crippen LogP contribution in [0.25, 0.3) is 10.9 Å². The quantitative estimate of drug-likeness (QED) is 0.0393. The fraction of sp³-hybridized carbons (Fsp3) is 0.426. The molecule has 0 aliphatic heterocycles. The molecule has 61 heavy (non-hydrogen) atoms. The second-order valence-electron chi connectivity index (χ2n) is 17.1. The Morgan fingerprint density at radius 3 is 2.20 bits per heavy atom. The number of esters is 1. The molecule has 14 nitrogen and oxygen atoms in total. The molecule has 5 N–H and O–H groups in total. The van der Waals surface area contributed by atoms with Gasteiger partial charge in [-0.2, -0.15) is 0 Å². The molecule has 0 aliphatic rings. The first-order valence-corrected chi connectivity index (χ1v) is 20.9. The Balaban J connectivity index is 0.00000528. The van der Waals surface area contributed by atoms with E-state index in [9.17, 15) is 19.2 Å². The summed E-state index contributed by atoms with van der Waals surface area (Å²) in [5, 5.41) is 9.99. The third-order valence-electron chi connectivity index (χ3n) is 10.3. The standard InChI is InChI=1S/C47H62N8O6.2H2/c1-46(2,3)61-42(56)38(24-16-17-25-48-45(59)60-32-34-20-12-9-13-21-34)51-43(57)47(4,5)40-30-50-41(53-40)39(28-35-29-49-37-23-15-14-22-36(35)37)52-44(58)55(27-26-54(6)7)31-33-18-10-8-11-19-33;;/h8-15,18-23,29-30,38-39,49H,16-17,24-28,31-32H2,1-7H3,(H,48,59)(H,50,53)(H,51,57)(H,52,58);2*1H/t38-,39-;;/m1../s1. The van der Waals surface area contributed by atoms with Crippen LogP contribution in [0.4, 0.5) is 9.59 Å². The molecule has 0 spiro atoms. The minimum Gasteiger partial charge on any atom is -0.458 e. The van der Waals surface area contributed by atoms with E-state index in [1.54, 1.807) is 45.7 Å². The van der Waals surface area contributed by atoms with E-state index in [1.807, 2.05) is 110 Å². The molecule has 2 atom stereocenters. The van der Waals surface area contributed by atoms with Crippen LogP contribution in [0.3, 0.4) is 0 Å². The first-order chi connectivity index (χ1) is 29.1. The van der Waals surface area contributed by atoms with Gasteiger partial charge in [0.15, 0.2) is 0 Å². The van der Waals surface area contributed by atoms with E-state index in [0.717, 1.165) is 27.6 Å². The minimum absolute atomic E-state index is 0. The molecule has 330 valence electrons. The molecule has 2 heterocycles. The first-order valence-electron chi connectivity index (χ1n) is 20.9. The maximum absolute atomic E-state index is 14.2. The number of carbonyl (C=O) groups excluding carboxylic acids is 4. The first kappa shape index (κ1) is 45.9. The van der Waals surface area contributed by atoms with Crippen molar-refractivity contribution in [2.75, 3.05) is 33.7 Å². The number of hydrogen-bond donors (Lipinski definition) is 5. The molecule has 0 radical (unpaired) electrons. The molecule has 5 aromatic rings. The second kappa shape index (κ2) is 21.4. The van der Waals surface area contributed by atoms with Crippen LogP contribution in [0.5, 0.6) is 0 Å². The Kier molecular flexibility index (Phi) is 16.1. The smallest absolute Gasteiger partial charge is 0.407 e. The predicted molar refractivity (Wildman–Crippen MR) is 241 cm³/mol. The van der Waals surface area contributed by atoms with Crippen LogP contribution >= 0.6 is 0 Å². The van der Waals surface area contributed by atoms with Crippen molar-refractivity contribution in [3.8, 4) is 0 Å².